The van der Waals surface area contributed by atoms with Crippen molar-refractivity contribution in [1.82, 2.24) is 15.0 Å². The van der Waals surface area contributed by atoms with Crippen LogP contribution in [0, 0.1) is 0 Å². The summed E-state index contributed by atoms with van der Waals surface area (Å²) in [4.78, 5) is 39.5. The molecule has 1 aliphatic rings. The minimum Gasteiger partial charge on any atom is -0.397 e. The SMILES string of the molecule is NC(=O)c1ccnc(-c2ccc(N)c(C(=O)Nc3cnccc3N3CCCCC3)n2)c1. The van der Waals surface area contributed by atoms with E-state index in [1.54, 1.807) is 24.5 Å². The van der Waals surface area contributed by atoms with Crippen LogP contribution in [0.3, 0.4) is 0 Å². The number of anilines is 3. The van der Waals surface area contributed by atoms with Gasteiger partial charge in [-0.2, -0.15) is 0 Å². The van der Waals surface area contributed by atoms with E-state index in [4.69, 9.17) is 11.5 Å². The summed E-state index contributed by atoms with van der Waals surface area (Å²) >= 11 is 0. The third-order valence-corrected chi connectivity index (χ3v) is 5.19. The van der Waals surface area contributed by atoms with Crippen LogP contribution in [0.1, 0.15) is 40.1 Å². The maximum Gasteiger partial charge on any atom is 0.276 e. The number of nitrogens with one attached hydrogen (secondary N) is 1. The lowest BCUT2D eigenvalue weighted by atomic mass is 10.1. The monoisotopic (exact) mass is 417 g/mol. The second kappa shape index (κ2) is 8.78. The lowest BCUT2D eigenvalue weighted by molar-refractivity contribution is 0.0997. The molecule has 0 aromatic carbocycles. The minimum absolute atomic E-state index is 0.0669. The van der Waals surface area contributed by atoms with Crippen molar-refractivity contribution < 1.29 is 9.59 Å². The summed E-state index contributed by atoms with van der Waals surface area (Å²) in [6, 6.07) is 8.17. The van der Waals surface area contributed by atoms with E-state index >= 15 is 0 Å². The Hall–Kier alpha value is -4.01. The van der Waals surface area contributed by atoms with E-state index in [9.17, 15) is 9.59 Å². The minimum atomic E-state index is -0.570. The number of carbonyl (C=O) groups is 2. The van der Waals surface area contributed by atoms with Crippen molar-refractivity contribution in [3.63, 3.8) is 0 Å². The molecule has 3 aromatic rings. The van der Waals surface area contributed by atoms with Gasteiger partial charge in [0.05, 0.1) is 34.6 Å². The van der Waals surface area contributed by atoms with Crippen molar-refractivity contribution in [2.45, 2.75) is 19.3 Å². The summed E-state index contributed by atoms with van der Waals surface area (Å²) in [7, 11) is 0. The van der Waals surface area contributed by atoms with Gasteiger partial charge in [-0.05, 0) is 49.6 Å². The van der Waals surface area contributed by atoms with E-state index in [0.29, 0.717) is 22.6 Å². The van der Waals surface area contributed by atoms with Crippen LogP contribution in [0.15, 0.2) is 48.9 Å². The molecule has 1 fully saturated rings. The van der Waals surface area contributed by atoms with Crippen LogP contribution in [0.2, 0.25) is 0 Å². The van der Waals surface area contributed by atoms with Crippen molar-refractivity contribution in [2.75, 3.05) is 29.0 Å². The molecule has 4 rings (SSSR count). The standard InChI is InChI=1S/C22H23N7O2/c23-15-4-5-16(17-12-14(21(24)30)6-9-26-17)27-20(15)22(31)28-18-13-25-8-7-19(18)29-10-2-1-3-11-29/h4-9,12-13H,1-3,10-11,23H2,(H2,24,30)(H,28,31). The second-order valence-electron chi connectivity index (χ2n) is 7.32. The van der Waals surface area contributed by atoms with Crippen LogP contribution in [0.25, 0.3) is 11.4 Å². The number of piperidine rings is 1. The molecule has 0 radical (unpaired) electrons. The highest BCUT2D eigenvalue weighted by molar-refractivity contribution is 6.08. The molecule has 0 bridgehead atoms. The number of amides is 2. The van der Waals surface area contributed by atoms with Gasteiger partial charge in [-0.25, -0.2) is 4.98 Å². The number of nitrogens with two attached hydrogens (primary N) is 2. The first-order valence-corrected chi connectivity index (χ1v) is 10.1. The average molecular weight is 417 g/mol. The first-order valence-electron chi connectivity index (χ1n) is 10.1. The van der Waals surface area contributed by atoms with Gasteiger partial charge < -0.3 is 21.7 Å². The molecule has 9 heteroatoms. The molecule has 4 heterocycles. The summed E-state index contributed by atoms with van der Waals surface area (Å²) < 4.78 is 0. The summed E-state index contributed by atoms with van der Waals surface area (Å²) in [5.74, 6) is -1.02. The Balaban J connectivity index is 1.62. The summed E-state index contributed by atoms with van der Waals surface area (Å²) in [5, 5.41) is 2.89. The predicted octanol–water partition coefficient (Wildman–Crippen LogP) is 2.46. The molecule has 0 aliphatic carbocycles. The quantitative estimate of drug-likeness (QED) is 0.579. The van der Waals surface area contributed by atoms with Crippen LogP contribution >= 0.6 is 0 Å². The number of primary amides is 1. The molecule has 0 spiro atoms. The molecule has 3 aromatic heterocycles. The Morgan fingerprint density at radius 2 is 1.81 bits per heavy atom. The van der Waals surface area contributed by atoms with Crippen LogP contribution < -0.4 is 21.7 Å². The van der Waals surface area contributed by atoms with E-state index in [0.717, 1.165) is 31.6 Å². The first kappa shape index (κ1) is 20.3. The van der Waals surface area contributed by atoms with Crippen molar-refractivity contribution in [3.8, 4) is 11.4 Å². The Kier molecular flexibility index (Phi) is 5.74. The number of nitrogen functional groups attached to an aromatic ring is 1. The molecule has 31 heavy (non-hydrogen) atoms. The van der Waals surface area contributed by atoms with E-state index < -0.39 is 11.8 Å². The van der Waals surface area contributed by atoms with E-state index in [1.807, 2.05) is 6.07 Å². The van der Waals surface area contributed by atoms with Gasteiger partial charge in [0, 0.05) is 31.0 Å². The van der Waals surface area contributed by atoms with Crippen molar-refractivity contribution in [1.29, 1.82) is 0 Å². The zero-order valence-corrected chi connectivity index (χ0v) is 16.9. The zero-order valence-electron chi connectivity index (χ0n) is 16.9. The van der Waals surface area contributed by atoms with Crippen LogP contribution in [-0.2, 0) is 0 Å². The third kappa shape index (κ3) is 4.45. The fourth-order valence-corrected chi connectivity index (χ4v) is 3.59. The number of nitrogens with zero attached hydrogens (tertiary/aromatic N) is 4. The summed E-state index contributed by atoms with van der Waals surface area (Å²) in [6.45, 7) is 1.87. The molecule has 158 valence electrons. The van der Waals surface area contributed by atoms with Crippen molar-refractivity contribution in [2.24, 2.45) is 5.73 Å². The van der Waals surface area contributed by atoms with Gasteiger partial charge in [0.25, 0.3) is 5.91 Å². The molecular weight excluding hydrogens is 394 g/mol. The second-order valence-corrected chi connectivity index (χ2v) is 7.32. The van der Waals surface area contributed by atoms with Gasteiger partial charge in [0.15, 0.2) is 5.69 Å². The molecule has 5 N–H and O–H groups in total. The predicted molar refractivity (Wildman–Crippen MR) is 119 cm³/mol. The Labute approximate surface area is 179 Å². The summed E-state index contributed by atoms with van der Waals surface area (Å²) in [5.41, 5.74) is 14.3. The van der Waals surface area contributed by atoms with E-state index in [2.05, 4.69) is 25.2 Å². The highest BCUT2D eigenvalue weighted by Crippen LogP contribution is 2.28. The topological polar surface area (TPSA) is 140 Å². The molecule has 0 unspecified atom stereocenters. The normalized spacial score (nSPS) is 13.6. The first-order chi connectivity index (χ1) is 15.0. The number of rotatable bonds is 5. The molecule has 1 aliphatic heterocycles. The number of hydrogen-bond acceptors (Lipinski definition) is 7. The maximum atomic E-state index is 13.0. The zero-order chi connectivity index (χ0) is 21.8. The molecule has 1 saturated heterocycles. The van der Waals surface area contributed by atoms with Gasteiger partial charge in [0.1, 0.15) is 0 Å². The molecular formula is C22H23N7O2. The Morgan fingerprint density at radius 1 is 1.00 bits per heavy atom. The van der Waals surface area contributed by atoms with Crippen molar-refractivity contribution in [3.05, 3.63) is 60.2 Å². The van der Waals surface area contributed by atoms with Gasteiger partial charge in [0.2, 0.25) is 5.91 Å². The highest BCUT2D eigenvalue weighted by atomic mass is 16.2. The fraction of sp³-hybridized carbons (Fsp3) is 0.227. The smallest absolute Gasteiger partial charge is 0.276 e. The van der Waals surface area contributed by atoms with Crippen LogP contribution in [0.4, 0.5) is 17.1 Å². The highest BCUT2D eigenvalue weighted by Gasteiger charge is 2.19. The van der Waals surface area contributed by atoms with Crippen LogP contribution in [0.5, 0.6) is 0 Å². The Bertz CT molecular complexity index is 1130. The fourth-order valence-electron chi connectivity index (χ4n) is 3.59. The van der Waals surface area contributed by atoms with Gasteiger partial charge >= 0.3 is 0 Å². The molecule has 0 saturated carbocycles. The molecule has 2 amide bonds. The number of pyridine rings is 3. The lowest BCUT2D eigenvalue weighted by Gasteiger charge is -2.30. The molecule has 0 atom stereocenters. The lowest BCUT2D eigenvalue weighted by Crippen LogP contribution is -2.30. The van der Waals surface area contributed by atoms with E-state index in [1.165, 1.54) is 24.8 Å². The van der Waals surface area contributed by atoms with E-state index in [-0.39, 0.29) is 11.4 Å². The van der Waals surface area contributed by atoms with Crippen LogP contribution in [-0.4, -0.2) is 39.9 Å². The average Bonchev–Trinajstić information content (AvgIpc) is 2.80. The molecule has 9 nitrogen and oxygen atoms in total. The van der Waals surface area contributed by atoms with Gasteiger partial charge in [-0.1, -0.05) is 0 Å². The van der Waals surface area contributed by atoms with Gasteiger partial charge in [-0.3, -0.25) is 19.6 Å². The largest absolute Gasteiger partial charge is 0.397 e. The number of aromatic nitrogens is 3. The Morgan fingerprint density at radius 3 is 2.58 bits per heavy atom. The maximum absolute atomic E-state index is 13.0. The van der Waals surface area contributed by atoms with Gasteiger partial charge in [-0.15, -0.1) is 0 Å². The summed E-state index contributed by atoms with van der Waals surface area (Å²) in [6.07, 6.45) is 8.24. The number of hydrogen-bond donors (Lipinski definition) is 3. The third-order valence-electron chi connectivity index (χ3n) is 5.19. The number of carbonyl (C=O) groups excluding carboxylic acids is 2. The van der Waals surface area contributed by atoms with Crippen molar-refractivity contribution >= 4 is 28.9 Å².